The number of carbonyl (C=O) groups excluding carboxylic acids is 2. The molecule has 5 aromatic rings. The molecule has 198 valence electrons. The number of nitrogens with one attached hydrogen (secondary N) is 3. The minimum absolute atomic E-state index is 0.213. The Morgan fingerprint density at radius 3 is 1.98 bits per heavy atom. The Hall–Kier alpha value is -4.88. The number of halogens is 1. The molecule has 0 fully saturated rings. The number of rotatable bonds is 9. The Morgan fingerprint density at radius 1 is 0.625 bits per heavy atom. The fourth-order valence-corrected chi connectivity index (χ4v) is 4.56. The van der Waals surface area contributed by atoms with E-state index >= 15 is 0 Å². The van der Waals surface area contributed by atoms with Gasteiger partial charge >= 0.3 is 0 Å². The number of hydrogen-bond acceptors (Lipinski definition) is 4. The highest BCUT2D eigenvalue weighted by atomic mass is 79.9. The molecule has 40 heavy (non-hydrogen) atoms. The summed E-state index contributed by atoms with van der Waals surface area (Å²) < 4.78 is 6.49. The van der Waals surface area contributed by atoms with Crippen LogP contribution in [0.5, 0.6) is 5.75 Å². The molecule has 0 saturated carbocycles. The van der Waals surface area contributed by atoms with Crippen LogP contribution in [-0.4, -0.2) is 18.4 Å². The number of ether oxygens (including phenoxy) is 1. The first-order valence-electron chi connectivity index (χ1n) is 12.7. The van der Waals surface area contributed by atoms with Crippen molar-refractivity contribution in [2.24, 2.45) is 0 Å². The van der Waals surface area contributed by atoms with E-state index in [1.165, 1.54) is 0 Å². The fourth-order valence-electron chi connectivity index (χ4n) is 4.07. The van der Waals surface area contributed by atoms with Gasteiger partial charge in [-0.1, -0.05) is 66.7 Å². The summed E-state index contributed by atoms with van der Waals surface area (Å²) in [5.41, 5.74) is 5.37. The van der Waals surface area contributed by atoms with E-state index < -0.39 is 0 Å². The van der Waals surface area contributed by atoms with Crippen LogP contribution in [0.4, 0.5) is 22.7 Å². The third kappa shape index (κ3) is 6.95. The molecule has 5 rings (SSSR count). The minimum atomic E-state index is -0.379. The van der Waals surface area contributed by atoms with Crippen LogP contribution >= 0.6 is 15.9 Å². The van der Waals surface area contributed by atoms with Crippen molar-refractivity contribution in [3.05, 3.63) is 137 Å². The maximum absolute atomic E-state index is 13.0. The van der Waals surface area contributed by atoms with Crippen molar-refractivity contribution in [2.45, 2.75) is 0 Å². The molecule has 2 amide bonds. The summed E-state index contributed by atoms with van der Waals surface area (Å²) in [7, 11) is 0. The van der Waals surface area contributed by atoms with Gasteiger partial charge in [0, 0.05) is 17.1 Å². The Kier molecular flexibility index (Phi) is 8.53. The number of benzene rings is 5. The van der Waals surface area contributed by atoms with Crippen LogP contribution in [0.25, 0.3) is 11.1 Å². The second-order valence-electron chi connectivity index (χ2n) is 8.92. The molecule has 3 N–H and O–H groups in total. The van der Waals surface area contributed by atoms with Gasteiger partial charge in [-0.25, -0.2) is 0 Å². The van der Waals surface area contributed by atoms with Gasteiger partial charge in [-0.15, -0.1) is 0 Å². The van der Waals surface area contributed by atoms with E-state index in [0.29, 0.717) is 22.7 Å². The van der Waals surface area contributed by atoms with Crippen LogP contribution in [0.15, 0.2) is 132 Å². The summed E-state index contributed by atoms with van der Waals surface area (Å²) in [5, 5.41) is 8.99. The van der Waals surface area contributed by atoms with E-state index in [2.05, 4.69) is 31.9 Å². The number of anilines is 4. The van der Waals surface area contributed by atoms with Gasteiger partial charge in [0.15, 0.2) is 6.61 Å². The van der Waals surface area contributed by atoms with Gasteiger partial charge in [0.1, 0.15) is 5.75 Å². The van der Waals surface area contributed by atoms with E-state index in [4.69, 9.17) is 4.74 Å². The van der Waals surface area contributed by atoms with Crippen molar-refractivity contribution in [1.29, 1.82) is 0 Å². The van der Waals surface area contributed by atoms with Crippen LogP contribution in [0.3, 0.4) is 0 Å². The van der Waals surface area contributed by atoms with Crippen molar-refractivity contribution in [3.8, 4) is 16.9 Å². The molecule has 7 heteroatoms. The van der Waals surface area contributed by atoms with E-state index in [-0.39, 0.29) is 18.4 Å². The molecular weight excluding hydrogens is 566 g/mol. The Balaban J connectivity index is 1.18. The number of amides is 2. The molecule has 0 aromatic heterocycles. The third-order valence-corrected chi connectivity index (χ3v) is 6.67. The Labute approximate surface area is 241 Å². The van der Waals surface area contributed by atoms with Crippen molar-refractivity contribution >= 4 is 50.5 Å². The lowest BCUT2D eigenvalue weighted by molar-refractivity contribution is -0.118. The maximum Gasteiger partial charge on any atom is 0.262 e. The largest absolute Gasteiger partial charge is 0.483 e. The fraction of sp³-hybridized carbons (Fsp3) is 0.0303. The first-order chi connectivity index (χ1) is 19.5. The topological polar surface area (TPSA) is 79.5 Å². The van der Waals surface area contributed by atoms with Gasteiger partial charge in [-0.3, -0.25) is 9.59 Å². The Morgan fingerprint density at radius 2 is 1.25 bits per heavy atom. The van der Waals surface area contributed by atoms with Crippen molar-refractivity contribution in [1.82, 2.24) is 0 Å². The maximum atomic E-state index is 13.0. The quantitative estimate of drug-likeness (QED) is 0.162. The van der Waals surface area contributed by atoms with Crippen LogP contribution in [-0.2, 0) is 4.79 Å². The first-order valence-corrected chi connectivity index (χ1v) is 13.4. The van der Waals surface area contributed by atoms with E-state index in [1.807, 2.05) is 103 Å². The second kappa shape index (κ2) is 12.8. The second-order valence-corrected chi connectivity index (χ2v) is 9.77. The highest BCUT2D eigenvalue weighted by Gasteiger charge is 2.14. The lowest BCUT2D eigenvalue weighted by atomic mass is 10.1. The molecule has 6 nitrogen and oxygen atoms in total. The van der Waals surface area contributed by atoms with E-state index in [9.17, 15) is 9.59 Å². The molecule has 0 heterocycles. The van der Waals surface area contributed by atoms with Crippen LogP contribution in [0, 0.1) is 0 Å². The molecule has 0 aliphatic rings. The van der Waals surface area contributed by atoms with Gasteiger partial charge in [0.05, 0.1) is 15.7 Å². The lowest BCUT2D eigenvalue weighted by Gasteiger charge is -2.13. The summed E-state index contributed by atoms with van der Waals surface area (Å²) in [4.78, 5) is 25.8. The van der Waals surface area contributed by atoms with Gasteiger partial charge in [-0.2, -0.15) is 0 Å². The monoisotopic (exact) mass is 591 g/mol. The molecule has 0 atom stereocenters. The molecule has 0 aliphatic heterocycles. The average molecular weight is 592 g/mol. The molecule has 0 saturated heterocycles. The van der Waals surface area contributed by atoms with Gasteiger partial charge in [-0.05, 0) is 87.7 Å². The zero-order valence-corrected chi connectivity index (χ0v) is 23.0. The summed E-state index contributed by atoms with van der Waals surface area (Å²) in [5.74, 6) is -0.165. The van der Waals surface area contributed by atoms with E-state index in [0.717, 1.165) is 27.0 Å². The minimum Gasteiger partial charge on any atom is -0.483 e. The highest BCUT2D eigenvalue weighted by Crippen LogP contribution is 2.31. The predicted molar refractivity (Wildman–Crippen MR) is 164 cm³/mol. The van der Waals surface area contributed by atoms with Crippen LogP contribution in [0.2, 0.25) is 0 Å². The van der Waals surface area contributed by atoms with Crippen LogP contribution < -0.4 is 20.7 Å². The van der Waals surface area contributed by atoms with Crippen molar-refractivity contribution in [3.63, 3.8) is 0 Å². The molecular formula is C33H26BrN3O3. The average Bonchev–Trinajstić information content (AvgIpc) is 2.99. The molecule has 0 unspecified atom stereocenters. The van der Waals surface area contributed by atoms with E-state index in [1.54, 1.807) is 24.3 Å². The zero-order valence-electron chi connectivity index (χ0n) is 21.4. The highest BCUT2D eigenvalue weighted by molar-refractivity contribution is 9.10. The van der Waals surface area contributed by atoms with Crippen molar-refractivity contribution in [2.75, 3.05) is 22.6 Å². The molecule has 5 aromatic carbocycles. The zero-order chi connectivity index (χ0) is 27.7. The normalized spacial score (nSPS) is 10.4. The smallest absolute Gasteiger partial charge is 0.262 e. The number of para-hydroxylation sites is 2. The van der Waals surface area contributed by atoms with Gasteiger partial charge < -0.3 is 20.7 Å². The molecule has 0 bridgehead atoms. The Bertz CT molecular complexity index is 1610. The summed E-state index contributed by atoms with van der Waals surface area (Å²) in [6.07, 6.45) is 0. The SMILES string of the molecule is O=C(COc1ccc(-c2ccccc2)cc1Br)Nc1ccccc1C(=O)Nc1ccc(Nc2ccccc2)cc1. The van der Waals surface area contributed by atoms with Crippen LogP contribution in [0.1, 0.15) is 10.4 Å². The summed E-state index contributed by atoms with van der Waals surface area (Å²) in [6, 6.07) is 39.8. The van der Waals surface area contributed by atoms with Gasteiger partial charge in [0.2, 0.25) is 0 Å². The first kappa shape index (κ1) is 26.7. The lowest BCUT2D eigenvalue weighted by Crippen LogP contribution is -2.23. The van der Waals surface area contributed by atoms with Gasteiger partial charge in [0.25, 0.3) is 11.8 Å². The summed E-state index contributed by atoms with van der Waals surface area (Å²) in [6.45, 7) is -0.213. The molecule has 0 radical (unpaired) electrons. The standard InChI is InChI=1S/C33H26BrN3O3/c34-29-21-24(23-9-3-1-4-10-23)15-20-31(29)40-22-32(38)37-30-14-8-7-13-28(30)33(39)36-27-18-16-26(17-19-27)35-25-11-5-2-6-12-25/h1-21,35H,22H2,(H,36,39)(H,37,38). The number of carbonyl (C=O) groups is 2. The third-order valence-electron chi connectivity index (χ3n) is 6.05. The number of hydrogen-bond donors (Lipinski definition) is 3. The van der Waals surface area contributed by atoms with Crippen molar-refractivity contribution < 1.29 is 14.3 Å². The predicted octanol–water partition coefficient (Wildman–Crippen LogP) is 8.13. The summed E-state index contributed by atoms with van der Waals surface area (Å²) >= 11 is 3.53. The molecule has 0 aliphatic carbocycles. The molecule has 0 spiro atoms.